The summed E-state index contributed by atoms with van der Waals surface area (Å²) < 4.78 is 38.8. The maximum absolute atomic E-state index is 11.9. The van der Waals surface area contributed by atoms with Crippen molar-refractivity contribution in [1.82, 2.24) is 0 Å². The Labute approximate surface area is 255 Å². The van der Waals surface area contributed by atoms with Gasteiger partial charge < -0.3 is 24.8 Å². The van der Waals surface area contributed by atoms with E-state index in [1.54, 1.807) is 6.26 Å². The number of hydrogen-bond donors (Lipinski definition) is 3. The molecule has 0 spiro atoms. The van der Waals surface area contributed by atoms with Crippen molar-refractivity contribution in [3.8, 4) is 5.75 Å². The van der Waals surface area contributed by atoms with Crippen molar-refractivity contribution < 1.29 is 51.8 Å². The molecule has 0 radical (unpaired) electrons. The molecule has 13 heteroatoms. The Morgan fingerprint density at radius 1 is 0.884 bits per heavy atom. The smallest absolute Gasteiger partial charge is 0.303 e. The summed E-state index contributed by atoms with van der Waals surface area (Å²) in [7, 11) is -3.48. The Bertz CT molecular complexity index is 1370. The van der Waals surface area contributed by atoms with Gasteiger partial charge in [-0.25, -0.2) is 0 Å². The van der Waals surface area contributed by atoms with Crippen LogP contribution in [0.25, 0.3) is 0 Å². The number of rotatable bonds is 16. The number of hydrogen-bond acceptors (Lipinski definition) is 9. The first-order chi connectivity index (χ1) is 20.3. The highest BCUT2D eigenvalue weighted by Gasteiger charge is 2.48. The minimum atomic E-state index is -3.48. The third-order valence-electron chi connectivity index (χ3n) is 7.46. The number of carboxylic acids is 3. The number of ether oxygens (including phenoxy) is 2. The van der Waals surface area contributed by atoms with Crippen molar-refractivity contribution in [3.63, 3.8) is 0 Å². The molecule has 3 rings (SSSR count). The van der Waals surface area contributed by atoms with E-state index < -0.39 is 57.3 Å². The van der Waals surface area contributed by atoms with Crippen molar-refractivity contribution in [1.29, 1.82) is 0 Å². The van der Waals surface area contributed by atoms with E-state index in [1.807, 2.05) is 49.4 Å². The van der Waals surface area contributed by atoms with Gasteiger partial charge in [0, 0.05) is 24.7 Å². The van der Waals surface area contributed by atoms with E-state index in [9.17, 15) is 38.1 Å². The molecule has 11 nitrogen and oxygen atoms in total. The van der Waals surface area contributed by atoms with Crippen LogP contribution in [0.1, 0.15) is 54.0 Å². The van der Waals surface area contributed by atoms with Crippen LogP contribution in [0.3, 0.4) is 0 Å². The maximum Gasteiger partial charge on any atom is 0.303 e. The van der Waals surface area contributed by atoms with Crippen LogP contribution in [-0.4, -0.2) is 72.8 Å². The zero-order valence-corrected chi connectivity index (χ0v) is 25.9. The van der Waals surface area contributed by atoms with Crippen molar-refractivity contribution >= 4 is 39.8 Å². The standard InChI is InChI=1S/C30H38O11S2/c1-18-5-8-20(14-21(18)13-19-6-9-22(10-7-19)39-11-4-12-40-43(3,37)38)29-24(16-27(33)34)23(15-26(31)32)25(17-28(35)36)30(41-29)42-2/h5-10,14,23-25,29-30H,4,11-13,15-17H2,1-3H3,(H,31,32)(H,33,34)(H,35,36)/t23-,24+,25+,29-,30-/m1/s1. The van der Waals surface area contributed by atoms with Gasteiger partial charge >= 0.3 is 17.9 Å². The molecule has 3 N–H and O–H groups in total. The molecule has 2 aromatic rings. The summed E-state index contributed by atoms with van der Waals surface area (Å²) in [5.41, 5.74) is 3.07. The van der Waals surface area contributed by atoms with Gasteiger partial charge in [-0.15, -0.1) is 11.8 Å². The van der Waals surface area contributed by atoms with Gasteiger partial charge in [-0.3, -0.25) is 18.6 Å². The molecule has 236 valence electrons. The van der Waals surface area contributed by atoms with Gasteiger partial charge in [-0.2, -0.15) is 8.42 Å². The van der Waals surface area contributed by atoms with Crippen LogP contribution in [0.15, 0.2) is 42.5 Å². The summed E-state index contributed by atoms with van der Waals surface area (Å²) >= 11 is 1.29. The molecule has 1 heterocycles. The predicted octanol–water partition coefficient (Wildman–Crippen LogP) is 4.36. The molecular formula is C30H38O11S2. The van der Waals surface area contributed by atoms with Crippen molar-refractivity contribution in [3.05, 3.63) is 64.7 Å². The quantitative estimate of drug-likeness (QED) is 0.175. The average Bonchev–Trinajstić information content (AvgIpc) is 2.91. The van der Waals surface area contributed by atoms with Crippen molar-refractivity contribution in [2.75, 3.05) is 25.7 Å². The van der Waals surface area contributed by atoms with Crippen LogP contribution in [0.5, 0.6) is 5.75 Å². The third-order valence-corrected chi connectivity index (χ3v) is 8.98. The van der Waals surface area contributed by atoms with Gasteiger partial charge in [0.05, 0.1) is 38.4 Å². The van der Waals surface area contributed by atoms with E-state index in [4.69, 9.17) is 13.7 Å². The minimum absolute atomic E-state index is 0.0412. The van der Waals surface area contributed by atoms with Gasteiger partial charge in [-0.05, 0) is 59.9 Å². The van der Waals surface area contributed by atoms with E-state index in [2.05, 4.69) is 0 Å². The Hall–Kier alpha value is -3.13. The highest BCUT2D eigenvalue weighted by atomic mass is 32.2. The molecule has 0 aromatic heterocycles. The lowest BCUT2D eigenvalue weighted by molar-refractivity contribution is -0.161. The number of benzene rings is 2. The molecule has 0 amide bonds. The molecule has 2 aromatic carbocycles. The molecule has 1 aliphatic heterocycles. The number of aryl methyl sites for hydroxylation is 1. The fourth-order valence-corrected chi connectivity index (χ4v) is 6.80. The van der Waals surface area contributed by atoms with Crippen LogP contribution >= 0.6 is 11.8 Å². The zero-order chi connectivity index (χ0) is 31.7. The lowest BCUT2D eigenvalue weighted by atomic mass is 9.70. The van der Waals surface area contributed by atoms with Gasteiger partial charge in [0.2, 0.25) is 0 Å². The zero-order valence-electron chi connectivity index (χ0n) is 24.3. The van der Waals surface area contributed by atoms with Gasteiger partial charge in [0.25, 0.3) is 10.1 Å². The molecule has 1 aliphatic rings. The van der Waals surface area contributed by atoms with Gasteiger partial charge in [0.15, 0.2) is 0 Å². The van der Waals surface area contributed by atoms with Crippen LogP contribution in [0.4, 0.5) is 0 Å². The normalized spacial score (nSPS) is 22.2. The molecule has 5 atom stereocenters. The topological polar surface area (TPSA) is 174 Å². The van der Waals surface area contributed by atoms with Crippen LogP contribution in [0, 0.1) is 24.7 Å². The Kier molecular flexibility index (Phi) is 12.4. The van der Waals surface area contributed by atoms with E-state index in [1.165, 1.54) is 11.8 Å². The number of carboxylic acid groups (broad SMARTS) is 3. The van der Waals surface area contributed by atoms with Crippen LogP contribution < -0.4 is 4.74 Å². The largest absolute Gasteiger partial charge is 0.494 e. The summed E-state index contributed by atoms with van der Waals surface area (Å²) in [4.78, 5) is 35.4. The average molecular weight is 639 g/mol. The lowest BCUT2D eigenvalue weighted by Gasteiger charge is -2.46. The van der Waals surface area contributed by atoms with Crippen LogP contribution in [0.2, 0.25) is 0 Å². The SMILES string of the molecule is CS[C@H]1O[C@H](c2ccc(C)c(Cc3ccc(OCCCOS(C)(=O)=O)cc3)c2)[C@@H](CC(=O)O)[C@@H](CC(=O)O)[C@@H]1CC(=O)O. The summed E-state index contributed by atoms with van der Waals surface area (Å²) in [6.07, 6.45) is 1.97. The van der Waals surface area contributed by atoms with E-state index in [-0.39, 0.29) is 25.9 Å². The number of carbonyl (C=O) groups is 3. The molecule has 0 unspecified atom stereocenters. The Morgan fingerprint density at radius 3 is 2.07 bits per heavy atom. The molecule has 1 fully saturated rings. The van der Waals surface area contributed by atoms with E-state index >= 15 is 0 Å². The molecular weight excluding hydrogens is 600 g/mol. The molecule has 0 aliphatic carbocycles. The second-order valence-corrected chi connectivity index (χ2v) is 13.3. The second-order valence-electron chi connectivity index (χ2n) is 10.7. The highest BCUT2D eigenvalue weighted by molar-refractivity contribution is 7.99. The summed E-state index contributed by atoms with van der Waals surface area (Å²) in [6.45, 7) is 2.30. The molecule has 0 bridgehead atoms. The fraction of sp³-hybridized carbons (Fsp3) is 0.500. The summed E-state index contributed by atoms with van der Waals surface area (Å²) in [6, 6.07) is 13.2. The van der Waals surface area contributed by atoms with Crippen LogP contribution in [-0.2, 0) is 39.8 Å². The first-order valence-corrected chi connectivity index (χ1v) is 16.9. The van der Waals surface area contributed by atoms with E-state index in [0.29, 0.717) is 30.8 Å². The molecule has 43 heavy (non-hydrogen) atoms. The predicted molar refractivity (Wildman–Crippen MR) is 160 cm³/mol. The maximum atomic E-state index is 11.9. The summed E-state index contributed by atoms with van der Waals surface area (Å²) in [5.74, 6) is -4.80. The highest BCUT2D eigenvalue weighted by Crippen LogP contribution is 2.50. The third kappa shape index (κ3) is 10.5. The van der Waals surface area contributed by atoms with Crippen molar-refractivity contribution in [2.24, 2.45) is 17.8 Å². The fourth-order valence-electron chi connectivity index (χ4n) is 5.50. The molecule has 1 saturated heterocycles. The second kappa shape index (κ2) is 15.6. The van der Waals surface area contributed by atoms with Gasteiger partial charge in [-0.1, -0.05) is 30.3 Å². The first kappa shape index (κ1) is 34.4. The lowest BCUT2D eigenvalue weighted by Crippen LogP contribution is -2.45. The van der Waals surface area contributed by atoms with E-state index in [0.717, 1.165) is 22.9 Å². The van der Waals surface area contributed by atoms with Gasteiger partial charge in [0.1, 0.15) is 11.2 Å². The Balaban J connectivity index is 1.82. The number of aliphatic carboxylic acids is 3. The monoisotopic (exact) mass is 638 g/mol. The minimum Gasteiger partial charge on any atom is -0.494 e. The Morgan fingerprint density at radius 2 is 1.49 bits per heavy atom. The van der Waals surface area contributed by atoms with Crippen molar-refractivity contribution in [2.45, 2.75) is 50.6 Å². The number of thioether (sulfide) groups is 1. The summed E-state index contributed by atoms with van der Waals surface area (Å²) in [5, 5.41) is 28.9. The molecule has 0 saturated carbocycles. The first-order valence-electron chi connectivity index (χ1n) is 13.8.